The standard InChI is InChI=1S/C20H25BrN4O2S/c1-15(23-20(27)17-7-8-18(21)28-17)19(26)22-9-10-24-11-13-25(14-12-24)16-5-3-2-4-6-16/h2-8,15H,9-14H2,1H3,(H,22,26)(H,23,27). The normalized spacial score (nSPS) is 15.9. The van der Waals surface area contributed by atoms with E-state index in [9.17, 15) is 9.59 Å². The van der Waals surface area contributed by atoms with Gasteiger partial charge in [-0.25, -0.2) is 0 Å². The third-order valence-corrected chi connectivity index (χ3v) is 6.38. The molecule has 1 atom stereocenters. The highest BCUT2D eigenvalue weighted by Crippen LogP contribution is 2.21. The Labute approximate surface area is 178 Å². The summed E-state index contributed by atoms with van der Waals surface area (Å²) in [6.45, 7) is 7.02. The van der Waals surface area contributed by atoms with Crippen molar-refractivity contribution in [3.63, 3.8) is 0 Å². The number of hydrogen-bond acceptors (Lipinski definition) is 5. The second-order valence-electron chi connectivity index (χ2n) is 6.75. The molecular formula is C20H25BrN4O2S. The molecule has 2 aromatic rings. The molecule has 150 valence electrons. The van der Waals surface area contributed by atoms with Crippen LogP contribution < -0.4 is 15.5 Å². The highest BCUT2D eigenvalue weighted by Gasteiger charge is 2.19. The van der Waals surface area contributed by atoms with Gasteiger partial charge in [0.15, 0.2) is 0 Å². The average Bonchev–Trinajstić information content (AvgIpc) is 3.15. The lowest BCUT2D eigenvalue weighted by Crippen LogP contribution is -2.50. The SMILES string of the molecule is CC(NC(=O)c1ccc(Br)s1)C(=O)NCCN1CCN(c2ccccc2)CC1. The van der Waals surface area contributed by atoms with Gasteiger partial charge in [-0.1, -0.05) is 18.2 Å². The Hall–Kier alpha value is -1.90. The molecule has 3 rings (SSSR count). The fraction of sp³-hybridized carbons (Fsp3) is 0.400. The third kappa shape index (κ3) is 5.80. The maximum Gasteiger partial charge on any atom is 0.262 e. The molecule has 8 heteroatoms. The molecule has 1 aliphatic heterocycles. The maximum atomic E-state index is 12.2. The van der Waals surface area contributed by atoms with Crippen molar-refractivity contribution in [2.45, 2.75) is 13.0 Å². The number of para-hydroxylation sites is 1. The minimum absolute atomic E-state index is 0.160. The van der Waals surface area contributed by atoms with Crippen LogP contribution in [0.3, 0.4) is 0 Å². The van der Waals surface area contributed by atoms with Crippen LogP contribution in [0.15, 0.2) is 46.3 Å². The van der Waals surface area contributed by atoms with Crippen LogP contribution in [0.1, 0.15) is 16.6 Å². The number of nitrogens with zero attached hydrogens (tertiary/aromatic N) is 2. The van der Waals surface area contributed by atoms with Gasteiger partial charge < -0.3 is 15.5 Å². The summed E-state index contributed by atoms with van der Waals surface area (Å²) in [5.41, 5.74) is 1.26. The predicted octanol–water partition coefficient (Wildman–Crippen LogP) is 2.57. The van der Waals surface area contributed by atoms with Crippen LogP contribution in [0.25, 0.3) is 0 Å². The molecule has 1 unspecified atom stereocenters. The van der Waals surface area contributed by atoms with E-state index in [-0.39, 0.29) is 11.8 Å². The van der Waals surface area contributed by atoms with Crippen molar-refractivity contribution in [3.05, 3.63) is 51.1 Å². The van der Waals surface area contributed by atoms with Crippen molar-refractivity contribution in [2.75, 3.05) is 44.2 Å². The van der Waals surface area contributed by atoms with Gasteiger partial charge in [0.1, 0.15) is 6.04 Å². The van der Waals surface area contributed by atoms with Crippen molar-refractivity contribution in [2.24, 2.45) is 0 Å². The van der Waals surface area contributed by atoms with Crippen LogP contribution in [0.4, 0.5) is 5.69 Å². The fourth-order valence-corrected chi connectivity index (χ4v) is 4.42. The van der Waals surface area contributed by atoms with Gasteiger partial charge in [-0.05, 0) is 47.1 Å². The smallest absolute Gasteiger partial charge is 0.262 e. The first-order valence-corrected chi connectivity index (χ1v) is 11.0. The van der Waals surface area contributed by atoms with Gasteiger partial charge >= 0.3 is 0 Å². The first-order valence-electron chi connectivity index (χ1n) is 9.39. The zero-order valence-electron chi connectivity index (χ0n) is 15.9. The van der Waals surface area contributed by atoms with Crippen molar-refractivity contribution < 1.29 is 9.59 Å². The Morgan fingerprint density at radius 2 is 1.82 bits per heavy atom. The minimum atomic E-state index is -0.566. The number of benzene rings is 1. The lowest BCUT2D eigenvalue weighted by Gasteiger charge is -2.36. The van der Waals surface area contributed by atoms with Gasteiger partial charge in [-0.2, -0.15) is 0 Å². The number of amides is 2. The first-order chi connectivity index (χ1) is 13.5. The van der Waals surface area contributed by atoms with Crippen molar-refractivity contribution in [1.82, 2.24) is 15.5 Å². The van der Waals surface area contributed by atoms with Gasteiger partial charge in [-0.3, -0.25) is 14.5 Å². The van der Waals surface area contributed by atoms with Crippen molar-refractivity contribution >= 4 is 44.8 Å². The monoisotopic (exact) mass is 464 g/mol. The summed E-state index contributed by atoms with van der Waals surface area (Å²) in [6.07, 6.45) is 0. The summed E-state index contributed by atoms with van der Waals surface area (Å²) in [7, 11) is 0. The fourth-order valence-electron chi connectivity index (χ4n) is 3.13. The Balaban J connectivity index is 1.34. The van der Waals surface area contributed by atoms with Gasteiger partial charge in [-0.15, -0.1) is 11.3 Å². The van der Waals surface area contributed by atoms with Crippen molar-refractivity contribution in [3.8, 4) is 0 Å². The molecule has 2 N–H and O–H groups in total. The number of thiophene rings is 1. The Bertz CT molecular complexity index is 791. The molecule has 1 saturated heterocycles. The van der Waals surface area contributed by atoms with Crippen LogP contribution in [-0.2, 0) is 4.79 Å². The molecule has 2 amide bonds. The molecule has 0 radical (unpaired) electrons. The highest BCUT2D eigenvalue weighted by atomic mass is 79.9. The van der Waals surface area contributed by atoms with Gasteiger partial charge in [0.25, 0.3) is 5.91 Å². The number of nitrogens with one attached hydrogen (secondary N) is 2. The van der Waals surface area contributed by atoms with E-state index in [1.165, 1.54) is 17.0 Å². The van der Waals surface area contributed by atoms with E-state index in [1.807, 2.05) is 12.1 Å². The van der Waals surface area contributed by atoms with Crippen LogP contribution in [-0.4, -0.2) is 62.0 Å². The number of carbonyl (C=O) groups excluding carboxylic acids is 2. The summed E-state index contributed by atoms with van der Waals surface area (Å²) < 4.78 is 0.891. The van der Waals surface area contributed by atoms with Crippen molar-refractivity contribution in [1.29, 1.82) is 0 Å². The minimum Gasteiger partial charge on any atom is -0.369 e. The predicted molar refractivity (Wildman–Crippen MR) is 117 cm³/mol. The summed E-state index contributed by atoms with van der Waals surface area (Å²) >= 11 is 4.68. The lowest BCUT2D eigenvalue weighted by molar-refractivity contribution is -0.122. The van der Waals surface area contributed by atoms with E-state index in [2.05, 4.69) is 60.6 Å². The first kappa shape index (κ1) is 20.8. The Kier molecular flexibility index (Phi) is 7.47. The van der Waals surface area contributed by atoms with E-state index in [1.54, 1.807) is 13.0 Å². The molecule has 0 spiro atoms. The molecule has 6 nitrogen and oxygen atoms in total. The summed E-state index contributed by atoms with van der Waals surface area (Å²) in [4.78, 5) is 29.7. The van der Waals surface area contributed by atoms with Crippen LogP contribution in [0.5, 0.6) is 0 Å². The van der Waals surface area contributed by atoms with E-state index in [0.29, 0.717) is 11.4 Å². The highest BCUT2D eigenvalue weighted by molar-refractivity contribution is 9.11. The molecule has 0 saturated carbocycles. The maximum absolute atomic E-state index is 12.2. The summed E-state index contributed by atoms with van der Waals surface area (Å²) in [6, 6.07) is 13.4. The Morgan fingerprint density at radius 1 is 1.11 bits per heavy atom. The molecule has 1 aromatic carbocycles. The molecule has 1 fully saturated rings. The zero-order valence-corrected chi connectivity index (χ0v) is 18.3. The average molecular weight is 465 g/mol. The van der Waals surface area contributed by atoms with Crippen LogP contribution in [0.2, 0.25) is 0 Å². The summed E-state index contributed by atoms with van der Waals surface area (Å²) in [5, 5.41) is 5.66. The number of rotatable bonds is 7. The second-order valence-corrected chi connectivity index (χ2v) is 9.22. The van der Waals surface area contributed by atoms with E-state index >= 15 is 0 Å². The quantitative estimate of drug-likeness (QED) is 0.660. The summed E-state index contributed by atoms with van der Waals surface area (Å²) in [5.74, 6) is -0.387. The number of piperazine rings is 1. The molecule has 1 aliphatic rings. The number of anilines is 1. The molecule has 2 heterocycles. The number of hydrogen-bond donors (Lipinski definition) is 2. The largest absolute Gasteiger partial charge is 0.369 e. The lowest BCUT2D eigenvalue weighted by atomic mass is 10.2. The molecule has 0 aliphatic carbocycles. The Morgan fingerprint density at radius 3 is 2.46 bits per heavy atom. The van der Waals surface area contributed by atoms with Gasteiger partial charge in [0.05, 0.1) is 8.66 Å². The zero-order chi connectivity index (χ0) is 19.9. The van der Waals surface area contributed by atoms with Gasteiger partial charge in [0, 0.05) is 45.0 Å². The van der Waals surface area contributed by atoms with Crippen LogP contribution >= 0.6 is 27.3 Å². The number of halogens is 1. The third-order valence-electron chi connectivity index (χ3n) is 4.76. The van der Waals surface area contributed by atoms with E-state index in [0.717, 1.165) is 36.5 Å². The van der Waals surface area contributed by atoms with Gasteiger partial charge in [0.2, 0.25) is 5.91 Å². The van der Waals surface area contributed by atoms with Crippen LogP contribution in [0, 0.1) is 0 Å². The molecule has 1 aromatic heterocycles. The molecule has 28 heavy (non-hydrogen) atoms. The topological polar surface area (TPSA) is 64.7 Å². The van der Waals surface area contributed by atoms with E-state index < -0.39 is 6.04 Å². The molecular weight excluding hydrogens is 440 g/mol. The molecule has 0 bridgehead atoms. The number of carbonyl (C=O) groups is 2. The van der Waals surface area contributed by atoms with E-state index in [4.69, 9.17) is 0 Å². The second kappa shape index (κ2) is 10.0.